The number of rotatable bonds is 5. The van der Waals surface area contributed by atoms with Gasteiger partial charge in [-0.1, -0.05) is 0 Å². The Bertz CT molecular complexity index is 629. The molecule has 1 heterocycles. The standard InChI is InChI=1S/C12H15FN2O5S/c13-11-2-1-9(12(16)17)7-10(11)8-14-21(18,19)15-3-5-20-6-4-15/h1-2,7,14H,3-6,8H2,(H,16,17). The Morgan fingerprint density at radius 3 is 2.67 bits per heavy atom. The zero-order chi connectivity index (χ0) is 15.5. The minimum absolute atomic E-state index is 0.0215. The molecule has 0 aliphatic carbocycles. The lowest BCUT2D eigenvalue weighted by atomic mass is 10.1. The zero-order valence-electron chi connectivity index (χ0n) is 11.1. The summed E-state index contributed by atoms with van der Waals surface area (Å²) in [5.74, 6) is -1.86. The van der Waals surface area contributed by atoms with E-state index in [4.69, 9.17) is 9.84 Å². The second kappa shape index (κ2) is 6.48. The van der Waals surface area contributed by atoms with Crippen molar-refractivity contribution in [3.63, 3.8) is 0 Å². The first-order chi connectivity index (χ1) is 9.90. The summed E-state index contributed by atoms with van der Waals surface area (Å²) in [5.41, 5.74) is -0.122. The molecule has 7 nitrogen and oxygen atoms in total. The van der Waals surface area contributed by atoms with Crippen molar-refractivity contribution in [1.82, 2.24) is 9.03 Å². The Hall–Kier alpha value is -1.55. The summed E-state index contributed by atoms with van der Waals surface area (Å²) in [6, 6.07) is 3.24. The Labute approximate surface area is 121 Å². The molecule has 0 atom stereocenters. The van der Waals surface area contributed by atoms with Gasteiger partial charge in [0.2, 0.25) is 0 Å². The van der Waals surface area contributed by atoms with Crippen molar-refractivity contribution in [2.45, 2.75) is 6.54 Å². The Morgan fingerprint density at radius 2 is 2.05 bits per heavy atom. The van der Waals surface area contributed by atoms with Gasteiger partial charge in [0.05, 0.1) is 18.8 Å². The fourth-order valence-corrected chi connectivity index (χ4v) is 3.04. The minimum atomic E-state index is -3.74. The SMILES string of the molecule is O=C(O)c1ccc(F)c(CNS(=O)(=O)N2CCOCC2)c1. The number of nitrogens with zero attached hydrogens (tertiary/aromatic N) is 1. The van der Waals surface area contributed by atoms with Gasteiger partial charge in [0.25, 0.3) is 10.2 Å². The van der Waals surface area contributed by atoms with Crippen molar-refractivity contribution >= 4 is 16.2 Å². The van der Waals surface area contributed by atoms with Gasteiger partial charge in [-0.25, -0.2) is 9.18 Å². The molecule has 0 bridgehead atoms. The number of nitrogens with one attached hydrogen (secondary N) is 1. The highest BCUT2D eigenvalue weighted by Gasteiger charge is 2.24. The number of hydrogen-bond acceptors (Lipinski definition) is 4. The predicted octanol–water partition coefficient (Wildman–Crippen LogP) is 0.191. The topological polar surface area (TPSA) is 95.9 Å². The molecule has 0 spiro atoms. The van der Waals surface area contributed by atoms with Gasteiger partial charge in [-0.3, -0.25) is 0 Å². The molecule has 1 fully saturated rings. The van der Waals surface area contributed by atoms with E-state index in [-0.39, 0.29) is 30.8 Å². The van der Waals surface area contributed by atoms with Crippen LogP contribution in [0.2, 0.25) is 0 Å². The molecule has 0 unspecified atom stereocenters. The van der Waals surface area contributed by atoms with Crippen LogP contribution in [0.4, 0.5) is 4.39 Å². The molecule has 1 aromatic carbocycles. The number of carbonyl (C=O) groups is 1. The van der Waals surface area contributed by atoms with E-state index in [0.717, 1.165) is 18.2 Å². The highest BCUT2D eigenvalue weighted by molar-refractivity contribution is 7.87. The van der Waals surface area contributed by atoms with Gasteiger partial charge in [-0.2, -0.15) is 17.4 Å². The van der Waals surface area contributed by atoms with Crippen molar-refractivity contribution in [3.8, 4) is 0 Å². The molecule has 116 valence electrons. The van der Waals surface area contributed by atoms with Crippen LogP contribution in [0.15, 0.2) is 18.2 Å². The van der Waals surface area contributed by atoms with E-state index < -0.39 is 22.0 Å². The van der Waals surface area contributed by atoms with E-state index in [0.29, 0.717) is 13.2 Å². The number of ether oxygens (including phenoxy) is 1. The van der Waals surface area contributed by atoms with Crippen molar-refractivity contribution < 1.29 is 27.4 Å². The number of carboxylic acids is 1. The first-order valence-corrected chi connectivity index (χ1v) is 7.68. The van der Waals surface area contributed by atoms with Crippen LogP contribution in [0.3, 0.4) is 0 Å². The van der Waals surface area contributed by atoms with Crippen molar-refractivity contribution in [3.05, 3.63) is 35.1 Å². The predicted molar refractivity (Wildman–Crippen MR) is 71.5 cm³/mol. The average Bonchev–Trinajstić information content (AvgIpc) is 2.47. The maximum absolute atomic E-state index is 13.6. The molecule has 0 amide bonds. The quantitative estimate of drug-likeness (QED) is 0.808. The summed E-state index contributed by atoms with van der Waals surface area (Å²) >= 11 is 0. The second-order valence-corrected chi connectivity index (χ2v) is 6.20. The Morgan fingerprint density at radius 1 is 1.38 bits per heavy atom. The number of aromatic carboxylic acids is 1. The molecule has 0 saturated carbocycles. The lowest BCUT2D eigenvalue weighted by Crippen LogP contribution is -2.46. The van der Waals surface area contributed by atoms with Gasteiger partial charge < -0.3 is 9.84 Å². The van der Waals surface area contributed by atoms with E-state index >= 15 is 0 Å². The van der Waals surface area contributed by atoms with E-state index in [1.54, 1.807) is 0 Å². The number of morpholine rings is 1. The molecular formula is C12H15FN2O5S. The molecule has 21 heavy (non-hydrogen) atoms. The lowest BCUT2D eigenvalue weighted by Gasteiger charge is -2.26. The lowest BCUT2D eigenvalue weighted by molar-refractivity contribution is 0.0696. The average molecular weight is 318 g/mol. The minimum Gasteiger partial charge on any atom is -0.478 e. The van der Waals surface area contributed by atoms with E-state index in [9.17, 15) is 17.6 Å². The number of benzene rings is 1. The summed E-state index contributed by atoms with van der Waals surface area (Å²) in [7, 11) is -3.74. The van der Waals surface area contributed by atoms with Crippen LogP contribution in [-0.4, -0.2) is 50.1 Å². The van der Waals surface area contributed by atoms with Gasteiger partial charge >= 0.3 is 5.97 Å². The third kappa shape index (κ3) is 3.97. The summed E-state index contributed by atoms with van der Waals surface area (Å²) in [6.45, 7) is 0.764. The Balaban J connectivity index is 2.08. The summed E-state index contributed by atoms with van der Waals surface area (Å²) in [5, 5.41) is 8.85. The van der Waals surface area contributed by atoms with E-state index in [2.05, 4.69) is 4.72 Å². The molecule has 1 aliphatic rings. The number of carboxylic acid groups (broad SMARTS) is 1. The second-order valence-electron chi connectivity index (χ2n) is 4.45. The van der Waals surface area contributed by atoms with Crippen LogP contribution < -0.4 is 4.72 Å². The van der Waals surface area contributed by atoms with Gasteiger partial charge in [0.1, 0.15) is 5.82 Å². The number of halogens is 1. The Kier molecular flexibility index (Phi) is 4.88. The molecule has 9 heteroatoms. The van der Waals surface area contributed by atoms with Crippen molar-refractivity contribution in [2.75, 3.05) is 26.3 Å². The highest BCUT2D eigenvalue weighted by atomic mass is 32.2. The number of hydrogen-bond donors (Lipinski definition) is 2. The normalized spacial score (nSPS) is 16.8. The van der Waals surface area contributed by atoms with Gasteiger partial charge in [-0.05, 0) is 18.2 Å². The fraction of sp³-hybridized carbons (Fsp3) is 0.417. The molecule has 2 rings (SSSR count). The van der Waals surface area contributed by atoms with Crippen LogP contribution in [0, 0.1) is 5.82 Å². The van der Waals surface area contributed by atoms with Crippen molar-refractivity contribution in [1.29, 1.82) is 0 Å². The van der Waals surface area contributed by atoms with Crippen LogP contribution >= 0.6 is 0 Å². The molecule has 2 N–H and O–H groups in total. The molecular weight excluding hydrogens is 303 g/mol. The fourth-order valence-electron chi connectivity index (χ4n) is 1.89. The summed E-state index contributed by atoms with van der Waals surface area (Å²) < 4.78 is 46.1. The first kappa shape index (κ1) is 15.8. The molecule has 0 radical (unpaired) electrons. The maximum Gasteiger partial charge on any atom is 0.335 e. The van der Waals surface area contributed by atoms with Crippen LogP contribution in [0.25, 0.3) is 0 Å². The zero-order valence-corrected chi connectivity index (χ0v) is 11.9. The first-order valence-electron chi connectivity index (χ1n) is 6.24. The third-order valence-corrected chi connectivity index (χ3v) is 4.60. The van der Waals surface area contributed by atoms with Gasteiger partial charge in [0.15, 0.2) is 0 Å². The van der Waals surface area contributed by atoms with Gasteiger partial charge in [0, 0.05) is 25.2 Å². The van der Waals surface area contributed by atoms with Crippen molar-refractivity contribution in [2.24, 2.45) is 0 Å². The summed E-state index contributed by atoms with van der Waals surface area (Å²) in [6.07, 6.45) is 0. The van der Waals surface area contributed by atoms with E-state index in [1.165, 1.54) is 4.31 Å². The molecule has 1 aliphatic heterocycles. The smallest absolute Gasteiger partial charge is 0.335 e. The molecule has 0 aromatic heterocycles. The van der Waals surface area contributed by atoms with Gasteiger partial charge in [-0.15, -0.1) is 0 Å². The monoisotopic (exact) mass is 318 g/mol. The third-order valence-electron chi connectivity index (χ3n) is 3.05. The largest absolute Gasteiger partial charge is 0.478 e. The van der Waals surface area contributed by atoms with E-state index in [1.807, 2.05) is 0 Å². The van der Waals surface area contributed by atoms with Crippen LogP contribution in [0.1, 0.15) is 15.9 Å². The molecule has 1 aromatic rings. The highest BCUT2D eigenvalue weighted by Crippen LogP contribution is 2.12. The summed E-state index contributed by atoms with van der Waals surface area (Å²) in [4.78, 5) is 10.8. The van der Waals surface area contributed by atoms with Crippen LogP contribution in [-0.2, 0) is 21.5 Å². The molecule has 1 saturated heterocycles. The van der Waals surface area contributed by atoms with Crippen LogP contribution in [0.5, 0.6) is 0 Å². The maximum atomic E-state index is 13.6.